The molecule has 0 saturated heterocycles. The van der Waals surface area contributed by atoms with Crippen molar-refractivity contribution in [3.05, 3.63) is 90.5 Å². The van der Waals surface area contributed by atoms with E-state index in [1.807, 2.05) is 36.4 Å². The average Bonchev–Trinajstić information content (AvgIpc) is 3.36. The van der Waals surface area contributed by atoms with E-state index in [1.165, 1.54) is 11.8 Å². The van der Waals surface area contributed by atoms with E-state index in [0.717, 1.165) is 11.3 Å². The predicted molar refractivity (Wildman–Crippen MR) is 133 cm³/mol. The van der Waals surface area contributed by atoms with Gasteiger partial charge in [-0.05, 0) is 46.8 Å². The third kappa shape index (κ3) is 4.87. The average molecular weight is 483 g/mol. The molecule has 0 spiro atoms. The van der Waals surface area contributed by atoms with E-state index in [4.69, 9.17) is 0 Å². The fourth-order valence-electron chi connectivity index (χ4n) is 3.55. The molecule has 0 bridgehead atoms. The SMILES string of the molecule is O=C(CSc1nnnn1-c1ccccc1)Nc1ccc(-c2cc(C(=O)O)c3ccccc3n2)cc1. The summed E-state index contributed by atoms with van der Waals surface area (Å²) in [5.74, 6) is -1.09. The Kier molecular flexibility index (Phi) is 6.18. The van der Waals surface area contributed by atoms with Crippen molar-refractivity contribution in [1.82, 2.24) is 25.2 Å². The summed E-state index contributed by atoms with van der Waals surface area (Å²) in [5, 5.41) is 25.2. The molecule has 35 heavy (non-hydrogen) atoms. The van der Waals surface area contributed by atoms with Gasteiger partial charge in [0.15, 0.2) is 0 Å². The highest BCUT2D eigenvalue weighted by atomic mass is 32.2. The number of carbonyl (C=O) groups is 2. The number of fused-ring (bicyclic) bond motifs is 1. The zero-order chi connectivity index (χ0) is 24.2. The van der Waals surface area contributed by atoms with Crippen molar-refractivity contribution >= 4 is 40.2 Å². The summed E-state index contributed by atoms with van der Waals surface area (Å²) >= 11 is 1.23. The normalized spacial score (nSPS) is 10.9. The van der Waals surface area contributed by atoms with Gasteiger partial charge in [-0.1, -0.05) is 60.3 Å². The van der Waals surface area contributed by atoms with Crippen LogP contribution in [0.1, 0.15) is 10.4 Å². The molecular formula is C25H18N6O3S. The van der Waals surface area contributed by atoms with Gasteiger partial charge < -0.3 is 10.4 Å². The Morgan fingerprint density at radius 2 is 1.69 bits per heavy atom. The number of carbonyl (C=O) groups excluding carboxylic acids is 1. The van der Waals surface area contributed by atoms with Gasteiger partial charge in [-0.25, -0.2) is 9.78 Å². The van der Waals surface area contributed by atoms with Crippen LogP contribution in [-0.4, -0.2) is 47.9 Å². The Morgan fingerprint density at radius 1 is 0.943 bits per heavy atom. The number of thioether (sulfide) groups is 1. The lowest BCUT2D eigenvalue weighted by atomic mass is 10.0. The van der Waals surface area contributed by atoms with E-state index in [1.54, 1.807) is 53.2 Å². The zero-order valence-corrected chi connectivity index (χ0v) is 19.0. The number of tetrazole rings is 1. The summed E-state index contributed by atoms with van der Waals surface area (Å²) in [6.07, 6.45) is 0. The van der Waals surface area contributed by atoms with Gasteiger partial charge in [0.1, 0.15) is 0 Å². The number of anilines is 1. The van der Waals surface area contributed by atoms with E-state index in [9.17, 15) is 14.7 Å². The molecule has 0 aliphatic heterocycles. The highest BCUT2D eigenvalue weighted by Crippen LogP contribution is 2.26. The molecule has 0 saturated carbocycles. The number of nitrogens with zero attached hydrogens (tertiary/aromatic N) is 5. The molecule has 0 atom stereocenters. The fourth-order valence-corrected chi connectivity index (χ4v) is 4.24. The monoisotopic (exact) mass is 482 g/mol. The molecule has 5 aromatic rings. The molecule has 0 radical (unpaired) electrons. The lowest BCUT2D eigenvalue weighted by molar-refractivity contribution is -0.113. The van der Waals surface area contributed by atoms with E-state index in [-0.39, 0.29) is 17.2 Å². The topological polar surface area (TPSA) is 123 Å². The molecule has 10 heteroatoms. The number of para-hydroxylation sites is 2. The minimum Gasteiger partial charge on any atom is -0.478 e. The number of carboxylic acids is 1. The quantitative estimate of drug-likeness (QED) is 0.329. The third-order valence-electron chi connectivity index (χ3n) is 5.19. The number of aromatic nitrogens is 5. The summed E-state index contributed by atoms with van der Waals surface area (Å²) in [4.78, 5) is 28.8. The second-order valence-corrected chi connectivity index (χ2v) is 8.44. The number of amides is 1. The Bertz CT molecular complexity index is 1520. The van der Waals surface area contributed by atoms with Crippen LogP contribution in [0.2, 0.25) is 0 Å². The van der Waals surface area contributed by atoms with Gasteiger partial charge >= 0.3 is 5.97 Å². The number of hydrogen-bond acceptors (Lipinski definition) is 7. The summed E-state index contributed by atoms with van der Waals surface area (Å²) < 4.78 is 1.58. The van der Waals surface area contributed by atoms with Crippen molar-refractivity contribution in [1.29, 1.82) is 0 Å². The Morgan fingerprint density at radius 3 is 2.46 bits per heavy atom. The first-order valence-corrected chi connectivity index (χ1v) is 11.6. The Hall–Kier alpha value is -4.57. The van der Waals surface area contributed by atoms with Crippen LogP contribution >= 0.6 is 11.8 Å². The van der Waals surface area contributed by atoms with E-state index >= 15 is 0 Å². The number of carboxylic acid groups (broad SMARTS) is 1. The lowest BCUT2D eigenvalue weighted by Gasteiger charge is -2.09. The van der Waals surface area contributed by atoms with Crippen molar-refractivity contribution < 1.29 is 14.7 Å². The molecule has 0 aliphatic rings. The van der Waals surface area contributed by atoms with Gasteiger partial charge in [0.05, 0.1) is 28.2 Å². The van der Waals surface area contributed by atoms with Crippen LogP contribution in [0.25, 0.3) is 27.8 Å². The Balaban J connectivity index is 1.27. The number of benzene rings is 3. The first kappa shape index (κ1) is 22.2. The minimum atomic E-state index is -1.01. The van der Waals surface area contributed by atoms with Gasteiger partial charge in [-0.3, -0.25) is 4.79 Å². The van der Waals surface area contributed by atoms with Crippen LogP contribution in [0.15, 0.2) is 90.1 Å². The van der Waals surface area contributed by atoms with Crippen molar-refractivity contribution in [2.24, 2.45) is 0 Å². The molecular weight excluding hydrogens is 464 g/mol. The number of nitrogens with one attached hydrogen (secondary N) is 1. The molecule has 2 aromatic heterocycles. The number of pyridine rings is 1. The molecule has 9 nitrogen and oxygen atoms in total. The van der Waals surface area contributed by atoms with E-state index in [2.05, 4.69) is 25.8 Å². The molecule has 0 aliphatic carbocycles. The largest absolute Gasteiger partial charge is 0.478 e. The first-order valence-electron chi connectivity index (χ1n) is 10.6. The van der Waals surface area contributed by atoms with Gasteiger partial charge in [-0.15, -0.1) is 5.10 Å². The van der Waals surface area contributed by atoms with Crippen LogP contribution in [0.5, 0.6) is 0 Å². The number of rotatable bonds is 7. The smallest absolute Gasteiger partial charge is 0.336 e. The van der Waals surface area contributed by atoms with Crippen molar-refractivity contribution in [3.63, 3.8) is 0 Å². The molecule has 2 N–H and O–H groups in total. The van der Waals surface area contributed by atoms with Gasteiger partial charge in [0.2, 0.25) is 11.1 Å². The first-order chi connectivity index (χ1) is 17.1. The molecule has 3 aromatic carbocycles. The number of aromatic carboxylic acids is 1. The summed E-state index contributed by atoms with van der Waals surface area (Å²) in [6.45, 7) is 0. The molecule has 2 heterocycles. The highest BCUT2D eigenvalue weighted by molar-refractivity contribution is 7.99. The zero-order valence-electron chi connectivity index (χ0n) is 18.2. The second-order valence-electron chi connectivity index (χ2n) is 7.50. The molecule has 0 unspecified atom stereocenters. The molecule has 1 amide bonds. The summed E-state index contributed by atoms with van der Waals surface area (Å²) in [6, 6.07) is 25.2. The van der Waals surface area contributed by atoms with Crippen LogP contribution in [-0.2, 0) is 4.79 Å². The minimum absolute atomic E-state index is 0.128. The fraction of sp³-hybridized carbons (Fsp3) is 0.0400. The van der Waals surface area contributed by atoms with Crippen LogP contribution in [0.3, 0.4) is 0 Å². The van der Waals surface area contributed by atoms with Crippen molar-refractivity contribution in [3.8, 4) is 16.9 Å². The lowest BCUT2D eigenvalue weighted by Crippen LogP contribution is -2.14. The summed E-state index contributed by atoms with van der Waals surface area (Å²) in [5.41, 5.74) is 3.51. The highest BCUT2D eigenvalue weighted by Gasteiger charge is 2.14. The van der Waals surface area contributed by atoms with Crippen molar-refractivity contribution in [2.45, 2.75) is 5.16 Å². The third-order valence-corrected chi connectivity index (χ3v) is 6.10. The predicted octanol–water partition coefficient (Wildman–Crippen LogP) is 4.31. The van der Waals surface area contributed by atoms with Gasteiger partial charge in [0, 0.05) is 16.6 Å². The van der Waals surface area contributed by atoms with Crippen LogP contribution in [0.4, 0.5) is 5.69 Å². The summed E-state index contributed by atoms with van der Waals surface area (Å²) in [7, 11) is 0. The van der Waals surface area contributed by atoms with Crippen LogP contribution in [0, 0.1) is 0 Å². The van der Waals surface area contributed by atoms with Gasteiger partial charge in [-0.2, -0.15) is 4.68 Å². The number of hydrogen-bond donors (Lipinski definition) is 2. The second kappa shape index (κ2) is 9.74. The van der Waals surface area contributed by atoms with Crippen LogP contribution < -0.4 is 5.32 Å². The maximum Gasteiger partial charge on any atom is 0.336 e. The maximum absolute atomic E-state index is 12.5. The maximum atomic E-state index is 12.5. The molecule has 172 valence electrons. The Labute approximate surface area is 203 Å². The van der Waals surface area contributed by atoms with Crippen molar-refractivity contribution in [2.75, 3.05) is 11.1 Å². The van der Waals surface area contributed by atoms with E-state index < -0.39 is 5.97 Å². The molecule has 0 fully saturated rings. The van der Waals surface area contributed by atoms with Gasteiger partial charge in [0.25, 0.3) is 0 Å². The van der Waals surface area contributed by atoms with E-state index in [0.29, 0.717) is 27.4 Å². The molecule has 5 rings (SSSR count). The standard InChI is InChI=1S/C25H18N6O3S/c32-23(15-35-25-28-29-30-31(25)18-6-2-1-3-7-18)26-17-12-10-16(11-13-17)22-14-20(24(33)34)19-8-4-5-9-21(19)27-22/h1-14H,15H2,(H,26,32)(H,33,34).